The smallest absolute Gasteiger partial charge is 0.278 e. The van der Waals surface area contributed by atoms with E-state index in [1.54, 1.807) is 13.8 Å². The zero-order chi connectivity index (χ0) is 20.4. The number of nitrogens with zero attached hydrogens (tertiary/aromatic N) is 4. The molecule has 0 unspecified atom stereocenters. The second-order valence-corrected chi connectivity index (χ2v) is 8.19. The lowest BCUT2D eigenvalue weighted by Gasteiger charge is -2.37. The third-order valence-electron chi connectivity index (χ3n) is 6.30. The molecule has 2 amide bonds. The van der Waals surface area contributed by atoms with Crippen molar-refractivity contribution in [3.8, 4) is 0 Å². The van der Waals surface area contributed by atoms with Gasteiger partial charge in [0, 0.05) is 19.5 Å². The summed E-state index contributed by atoms with van der Waals surface area (Å²) in [5.41, 5.74) is 2.01. The molecule has 0 spiro atoms. The molecule has 2 aliphatic rings. The molecular formula is C22H28N4O3. The molecule has 7 heteroatoms. The average Bonchev–Trinajstić information content (AvgIpc) is 3.26. The number of hydrogen-bond acceptors (Lipinski definition) is 5. The normalized spacial score (nSPS) is 24.7. The Morgan fingerprint density at radius 2 is 1.90 bits per heavy atom. The maximum absolute atomic E-state index is 13.3. The number of aryl methyl sites for hydroxylation is 1. The van der Waals surface area contributed by atoms with E-state index in [-0.39, 0.29) is 35.6 Å². The van der Waals surface area contributed by atoms with Crippen molar-refractivity contribution in [3.63, 3.8) is 0 Å². The molecule has 2 saturated heterocycles. The highest BCUT2D eigenvalue weighted by atomic mass is 16.6. The Hall–Kier alpha value is -2.70. The molecule has 0 radical (unpaired) electrons. The summed E-state index contributed by atoms with van der Waals surface area (Å²) >= 11 is 0. The number of benzene rings is 1. The summed E-state index contributed by atoms with van der Waals surface area (Å²) in [4.78, 5) is 29.9. The van der Waals surface area contributed by atoms with E-state index in [1.807, 2.05) is 28.0 Å². The van der Waals surface area contributed by atoms with Crippen LogP contribution in [0, 0.1) is 6.92 Å². The predicted octanol–water partition coefficient (Wildman–Crippen LogP) is 2.99. The van der Waals surface area contributed by atoms with E-state index in [0.717, 1.165) is 38.5 Å². The van der Waals surface area contributed by atoms with Gasteiger partial charge < -0.3 is 9.80 Å². The highest BCUT2D eigenvalue weighted by molar-refractivity contribution is 5.93. The quantitative estimate of drug-likeness (QED) is 0.797. The van der Waals surface area contributed by atoms with E-state index in [9.17, 15) is 9.59 Å². The van der Waals surface area contributed by atoms with Crippen molar-refractivity contribution >= 4 is 11.8 Å². The van der Waals surface area contributed by atoms with Gasteiger partial charge in [0.1, 0.15) is 5.69 Å². The van der Waals surface area contributed by atoms with Gasteiger partial charge in [0.2, 0.25) is 5.91 Å². The van der Waals surface area contributed by atoms with E-state index >= 15 is 0 Å². The Labute approximate surface area is 171 Å². The highest BCUT2D eigenvalue weighted by Crippen LogP contribution is 2.36. The SMILES string of the molecule is CC(=O)N1[C@H](Cc2ccccc2)C[C@H]2[C@H]1CCCCCN2C(=O)c1nonc1C. The van der Waals surface area contributed by atoms with E-state index in [2.05, 4.69) is 22.4 Å². The summed E-state index contributed by atoms with van der Waals surface area (Å²) < 4.78 is 4.77. The van der Waals surface area contributed by atoms with Crippen LogP contribution < -0.4 is 0 Å². The van der Waals surface area contributed by atoms with Crippen molar-refractivity contribution in [2.45, 2.75) is 70.5 Å². The fourth-order valence-electron chi connectivity index (χ4n) is 5.02. The zero-order valence-electron chi connectivity index (χ0n) is 17.1. The second-order valence-electron chi connectivity index (χ2n) is 8.19. The molecule has 2 aromatic rings. The number of hydrogen-bond donors (Lipinski definition) is 0. The maximum Gasteiger partial charge on any atom is 0.278 e. The molecule has 1 aromatic heterocycles. The lowest BCUT2D eigenvalue weighted by atomic mass is 9.95. The van der Waals surface area contributed by atoms with Gasteiger partial charge in [0.15, 0.2) is 5.69 Å². The van der Waals surface area contributed by atoms with Crippen molar-refractivity contribution in [1.82, 2.24) is 20.1 Å². The van der Waals surface area contributed by atoms with Crippen molar-refractivity contribution < 1.29 is 14.2 Å². The van der Waals surface area contributed by atoms with Crippen LogP contribution in [0.5, 0.6) is 0 Å². The van der Waals surface area contributed by atoms with Gasteiger partial charge >= 0.3 is 0 Å². The third kappa shape index (κ3) is 3.91. The van der Waals surface area contributed by atoms with Gasteiger partial charge in [0.05, 0.1) is 12.1 Å². The molecule has 2 fully saturated rings. The summed E-state index contributed by atoms with van der Waals surface area (Å²) in [6.45, 7) is 4.06. The minimum atomic E-state index is -0.135. The van der Waals surface area contributed by atoms with Gasteiger partial charge in [-0.25, -0.2) is 4.63 Å². The first-order chi connectivity index (χ1) is 14.1. The van der Waals surface area contributed by atoms with Crippen LogP contribution >= 0.6 is 0 Å². The van der Waals surface area contributed by atoms with Crippen LogP contribution in [0.3, 0.4) is 0 Å². The topological polar surface area (TPSA) is 79.5 Å². The second kappa shape index (κ2) is 8.35. The number of aromatic nitrogens is 2. The molecule has 0 aliphatic carbocycles. The van der Waals surface area contributed by atoms with Crippen LogP contribution in [0.2, 0.25) is 0 Å². The van der Waals surface area contributed by atoms with Crippen LogP contribution in [-0.4, -0.2) is 56.6 Å². The summed E-state index contributed by atoms with van der Waals surface area (Å²) in [6.07, 6.45) is 5.61. The zero-order valence-corrected chi connectivity index (χ0v) is 17.1. The summed E-state index contributed by atoms with van der Waals surface area (Å²) in [7, 11) is 0. The number of fused-ring (bicyclic) bond motifs is 1. The van der Waals surface area contributed by atoms with Crippen molar-refractivity contribution in [3.05, 3.63) is 47.3 Å². The van der Waals surface area contributed by atoms with Crippen LogP contribution in [0.1, 0.15) is 60.8 Å². The van der Waals surface area contributed by atoms with Gasteiger partial charge in [-0.1, -0.05) is 48.3 Å². The molecule has 2 aliphatic heterocycles. The Bertz CT molecular complexity index is 866. The van der Waals surface area contributed by atoms with Gasteiger partial charge in [-0.15, -0.1) is 0 Å². The van der Waals surface area contributed by atoms with Crippen molar-refractivity contribution in [1.29, 1.82) is 0 Å². The van der Waals surface area contributed by atoms with Crippen LogP contribution in [0.25, 0.3) is 0 Å². The summed E-state index contributed by atoms with van der Waals surface area (Å²) in [6, 6.07) is 10.4. The van der Waals surface area contributed by atoms with Gasteiger partial charge in [-0.2, -0.15) is 0 Å². The Balaban J connectivity index is 1.64. The first-order valence-corrected chi connectivity index (χ1v) is 10.5. The molecule has 29 heavy (non-hydrogen) atoms. The number of carbonyl (C=O) groups is 2. The lowest BCUT2D eigenvalue weighted by molar-refractivity contribution is -0.132. The molecule has 1 aromatic carbocycles. The number of rotatable bonds is 3. The molecular weight excluding hydrogens is 368 g/mol. The monoisotopic (exact) mass is 396 g/mol. The minimum Gasteiger partial charge on any atom is -0.334 e. The summed E-state index contributed by atoms with van der Waals surface area (Å²) in [5, 5.41) is 7.62. The van der Waals surface area contributed by atoms with Gasteiger partial charge in [0.25, 0.3) is 5.91 Å². The average molecular weight is 396 g/mol. The van der Waals surface area contributed by atoms with E-state index in [1.165, 1.54) is 5.56 Å². The number of amides is 2. The fraction of sp³-hybridized carbons (Fsp3) is 0.545. The van der Waals surface area contributed by atoms with E-state index in [4.69, 9.17) is 4.63 Å². The van der Waals surface area contributed by atoms with Crippen LogP contribution in [0.15, 0.2) is 35.0 Å². The van der Waals surface area contributed by atoms with Crippen molar-refractivity contribution in [2.24, 2.45) is 0 Å². The first kappa shape index (κ1) is 19.6. The lowest BCUT2D eigenvalue weighted by Crippen LogP contribution is -2.50. The maximum atomic E-state index is 13.3. The van der Waals surface area contributed by atoms with E-state index in [0.29, 0.717) is 12.2 Å². The number of likely N-dealkylation sites (tertiary alicyclic amines) is 2. The molecule has 0 bridgehead atoms. The third-order valence-corrected chi connectivity index (χ3v) is 6.30. The molecule has 4 rings (SSSR count). The molecule has 0 N–H and O–H groups in total. The Morgan fingerprint density at radius 3 is 2.59 bits per heavy atom. The Kier molecular flexibility index (Phi) is 5.65. The molecule has 3 heterocycles. The van der Waals surface area contributed by atoms with Crippen molar-refractivity contribution in [2.75, 3.05) is 6.54 Å². The predicted molar refractivity (Wildman–Crippen MR) is 107 cm³/mol. The molecule has 154 valence electrons. The van der Waals surface area contributed by atoms with Crippen LogP contribution in [0.4, 0.5) is 0 Å². The highest BCUT2D eigenvalue weighted by Gasteiger charge is 2.46. The molecule has 7 nitrogen and oxygen atoms in total. The minimum absolute atomic E-state index is 0.00323. The Morgan fingerprint density at radius 1 is 1.10 bits per heavy atom. The summed E-state index contributed by atoms with van der Waals surface area (Å²) in [5.74, 6) is -0.0461. The van der Waals surface area contributed by atoms with Crippen LogP contribution in [-0.2, 0) is 11.2 Å². The number of carbonyl (C=O) groups excluding carboxylic acids is 2. The van der Waals surface area contributed by atoms with E-state index < -0.39 is 0 Å². The van der Waals surface area contributed by atoms with Gasteiger partial charge in [-0.05, 0) is 43.3 Å². The largest absolute Gasteiger partial charge is 0.334 e. The fourth-order valence-corrected chi connectivity index (χ4v) is 5.02. The molecule has 3 atom stereocenters. The standard InChI is InChI=1S/C22H28N4O3/c1-15-21(24-29-23-15)22(28)25-12-8-4-7-11-19-20(25)14-18(26(19)16(2)27)13-17-9-5-3-6-10-17/h3,5-6,9-10,18-20H,4,7-8,11-14H2,1-2H3/t18-,19-,20+/m1/s1. The molecule has 0 saturated carbocycles. The first-order valence-electron chi connectivity index (χ1n) is 10.5. The van der Waals surface area contributed by atoms with Gasteiger partial charge in [-0.3, -0.25) is 9.59 Å².